The van der Waals surface area contributed by atoms with E-state index in [9.17, 15) is 0 Å². The largest absolute Gasteiger partial charge is 0.308 e. The third-order valence-corrected chi connectivity index (χ3v) is 2.86. The molecule has 84 valence electrons. The van der Waals surface area contributed by atoms with Crippen LogP contribution in [0.15, 0.2) is 18.5 Å². The summed E-state index contributed by atoms with van der Waals surface area (Å²) in [6, 6.07) is 1.92. The maximum absolute atomic E-state index is 6.00. The van der Waals surface area contributed by atoms with E-state index in [1.165, 1.54) is 0 Å². The van der Waals surface area contributed by atoms with E-state index in [0.717, 1.165) is 18.5 Å². The number of aromatic nitrogens is 1. The number of alkyl halides is 1. The van der Waals surface area contributed by atoms with Crippen LogP contribution in [0.25, 0.3) is 0 Å². The van der Waals surface area contributed by atoms with Crippen molar-refractivity contribution in [3.05, 3.63) is 29.0 Å². The fourth-order valence-corrected chi connectivity index (χ4v) is 1.87. The average Bonchev–Trinajstić information content (AvgIpc) is 2.16. The zero-order valence-corrected chi connectivity index (χ0v) is 10.6. The first kappa shape index (κ1) is 12.8. The highest BCUT2D eigenvalue weighted by Crippen LogP contribution is 2.16. The summed E-state index contributed by atoms with van der Waals surface area (Å²) >= 11 is 11.7. The molecule has 0 aliphatic heterocycles. The van der Waals surface area contributed by atoms with Gasteiger partial charge in [-0.25, -0.2) is 0 Å². The molecule has 0 unspecified atom stereocenters. The number of halogens is 2. The fourth-order valence-electron chi connectivity index (χ4n) is 1.21. The van der Waals surface area contributed by atoms with Gasteiger partial charge in [0.05, 0.1) is 5.02 Å². The van der Waals surface area contributed by atoms with Crippen molar-refractivity contribution in [3.63, 3.8) is 0 Å². The highest BCUT2D eigenvalue weighted by molar-refractivity contribution is 6.31. The molecule has 0 aliphatic rings. The minimum Gasteiger partial charge on any atom is -0.308 e. The van der Waals surface area contributed by atoms with Crippen molar-refractivity contribution in [2.24, 2.45) is 0 Å². The number of pyridine rings is 1. The van der Waals surface area contributed by atoms with E-state index >= 15 is 0 Å². The minimum absolute atomic E-state index is 0.0361. The van der Waals surface area contributed by atoms with E-state index < -0.39 is 0 Å². The molecule has 0 amide bonds. The topological polar surface area (TPSA) is 24.9 Å². The lowest BCUT2D eigenvalue weighted by Gasteiger charge is -2.25. The van der Waals surface area contributed by atoms with Crippen LogP contribution in [0.1, 0.15) is 25.8 Å². The van der Waals surface area contributed by atoms with Gasteiger partial charge in [0, 0.05) is 30.4 Å². The van der Waals surface area contributed by atoms with Crippen LogP contribution in [0.4, 0.5) is 0 Å². The Kier molecular flexibility index (Phi) is 4.84. The molecule has 1 aromatic rings. The molecule has 0 fully saturated rings. The number of rotatable bonds is 5. The van der Waals surface area contributed by atoms with Crippen LogP contribution in [-0.4, -0.2) is 16.4 Å². The summed E-state index contributed by atoms with van der Waals surface area (Å²) in [5.74, 6) is 0.657. The molecule has 1 aromatic heterocycles. The number of hydrogen-bond donors (Lipinski definition) is 1. The molecule has 15 heavy (non-hydrogen) atoms. The van der Waals surface area contributed by atoms with Gasteiger partial charge in [-0.1, -0.05) is 11.6 Å². The molecule has 2 nitrogen and oxygen atoms in total. The van der Waals surface area contributed by atoms with Gasteiger partial charge in [0.15, 0.2) is 0 Å². The molecule has 0 bridgehead atoms. The Labute approximate surface area is 101 Å². The fraction of sp³-hybridized carbons (Fsp3) is 0.545. The number of hydrogen-bond acceptors (Lipinski definition) is 2. The quantitative estimate of drug-likeness (QED) is 0.808. The summed E-state index contributed by atoms with van der Waals surface area (Å²) in [6.45, 7) is 5.00. The van der Waals surface area contributed by atoms with Crippen molar-refractivity contribution in [2.45, 2.75) is 32.4 Å². The molecule has 4 heteroatoms. The van der Waals surface area contributed by atoms with Crippen LogP contribution in [-0.2, 0) is 6.54 Å². The van der Waals surface area contributed by atoms with Gasteiger partial charge in [0.25, 0.3) is 0 Å². The first-order valence-corrected chi connectivity index (χ1v) is 5.86. The van der Waals surface area contributed by atoms with E-state index in [0.29, 0.717) is 10.9 Å². The molecular formula is C11H16Cl2N2. The van der Waals surface area contributed by atoms with Gasteiger partial charge in [-0.05, 0) is 31.9 Å². The first-order valence-electron chi connectivity index (χ1n) is 4.94. The highest BCUT2D eigenvalue weighted by atomic mass is 35.5. The minimum atomic E-state index is 0.0361. The molecule has 1 N–H and O–H groups in total. The predicted octanol–water partition coefficient (Wildman–Crippen LogP) is 3.23. The molecule has 0 atom stereocenters. The Hall–Kier alpha value is -0.310. The monoisotopic (exact) mass is 246 g/mol. The lowest BCUT2D eigenvalue weighted by molar-refractivity contribution is 0.376. The summed E-state index contributed by atoms with van der Waals surface area (Å²) in [5.41, 5.74) is 1.10. The van der Waals surface area contributed by atoms with Gasteiger partial charge in [0.2, 0.25) is 0 Å². The number of nitrogens with zero attached hydrogens (tertiary/aromatic N) is 1. The lowest BCUT2D eigenvalue weighted by atomic mass is 10.0. The first-order chi connectivity index (χ1) is 7.05. The zero-order chi connectivity index (χ0) is 11.3. The van der Waals surface area contributed by atoms with Crippen molar-refractivity contribution < 1.29 is 0 Å². The molecule has 1 rings (SSSR count). The van der Waals surface area contributed by atoms with E-state index in [4.69, 9.17) is 23.2 Å². The maximum atomic E-state index is 6.00. The second-order valence-electron chi connectivity index (χ2n) is 4.14. The summed E-state index contributed by atoms with van der Waals surface area (Å²) in [5, 5.41) is 4.12. The Morgan fingerprint density at radius 3 is 2.80 bits per heavy atom. The lowest BCUT2D eigenvalue weighted by Crippen LogP contribution is -2.39. The van der Waals surface area contributed by atoms with Gasteiger partial charge in [0.1, 0.15) is 0 Å². The van der Waals surface area contributed by atoms with Gasteiger partial charge in [-0.3, -0.25) is 4.98 Å². The van der Waals surface area contributed by atoms with Gasteiger partial charge >= 0.3 is 0 Å². The van der Waals surface area contributed by atoms with Crippen molar-refractivity contribution in [3.8, 4) is 0 Å². The van der Waals surface area contributed by atoms with Crippen LogP contribution in [0.2, 0.25) is 5.02 Å². The molecule has 0 saturated heterocycles. The molecule has 0 aromatic carbocycles. The van der Waals surface area contributed by atoms with Crippen LogP contribution < -0.4 is 5.32 Å². The van der Waals surface area contributed by atoms with Crippen molar-refractivity contribution in [1.29, 1.82) is 0 Å². The number of nitrogens with one attached hydrogen (secondary N) is 1. The van der Waals surface area contributed by atoms with Crippen molar-refractivity contribution in [1.82, 2.24) is 10.3 Å². The van der Waals surface area contributed by atoms with E-state index in [-0.39, 0.29) is 5.54 Å². The SMILES string of the molecule is CC(C)(CCCl)NCc1ccncc1Cl. The molecule has 0 spiro atoms. The van der Waals surface area contributed by atoms with Crippen molar-refractivity contribution >= 4 is 23.2 Å². The van der Waals surface area contributed by atoms with Crippen LogP contribution >= 0.6 is 23.2 Å². The highest BCUT2D eigenvalue weighted by Gasteiger charge is 2.16. The van der Waals surface area contributed by atoms with E-state index in [1.807, 2.05) is 6.07 Å². The average molecular weight is 247 g/mol. The second-order valence-corrected chi connectivity index (χ2v) is 4.93. The smallest absolute Gasteiger partial charge is 0.0634 e. The summed E-state index contributed by atoms with van der Waals surface area (Å²) < 4.78 is 0. The Morgan fingerprint density at radius 1 is 1.47 bits per heavy atom. The van der Waals surface area contributed by atoms with Gasteiger partial charge < -0.3 is 5.32 Å². The summed E-state index contributed by atoms with van der Waals surface area (Å²) in [4.78, 5) is 3.94. The molecule has 0 aliphatic carbocycles. The van der Waals surface area contributed by atoms with E-state index in [2.05, 4.69) is 24.1 Å². The van der Waals surface area contributed by atoms with Gasteiger partial charge in [-0.15, -0.1) is 11.6 Å². The molecule has 1 heterocycles. The predicted molar refractivity (Wildman–Crippen MR) is 65.5 cm³/mol. The van der Waals surface area contributed by atoms with Crippen LogP contribution in [0.5, 0.6) is 0 Å². The van der Waals surface area contributed by atoms with Gasteiger partial charge in [-0.2, -0.15) is 0 Å². The van der Waals surface area contributed by atoms with E-state index in [1.54, 1.807) is 12.4 Å². The summed E-state index contributed by atoms with van der Waals surface area (Å²) in [6.07, 6.45) is 4.34. The standard InChI is InChI=1S/C11H16Cl2N2/c1-11(2,4-5-12)15-7-9-3-6-14-8-10(9)13/h3,6,8,15H,4-5,7H2,1-2H3. The molecule has 0 radical (unpaired) electrons. The normalized spacial score (nSPS) is 11.7. The molecule has 0 saturated carbocycles. The van der Waals surface area contributed by atoms with Crippen LogP contribution in [0, 0.1) is 0 Å². The van der Waals surface area contributed by atoms with Crippen LogP contribution in [0.3, 0.4) is 0 Å². The Morgan fingerprint density at radius 2 is 2.20 bits per heavy atom. The Balaban J connectivity index is 2.53. The zero-order valence-electron chi connectivity index (χ0n) is 9.06. The second kappa shape index (κ2) is 5.69. The Bertz CT molecular complexity index is 313. The maximum Gasteiger partial charge on any atom is 0.0634 e. The third kappa shape index (κ3) is 4.37. The molecular weight excluding hydrogens is 231 g/mol. The third-order valence-electron chi connectivity index (χ3n) is 2.33. The summed E-state index contributed by atoms with van der Waals surface area (Å²) in [7, 11) is 0. The van der Waals surface area contributed by atoms with Crippen molar-refractivity contribution in [2.75, 3.05) is 5.88 Å².